The van der Waals surface area contributed by atoms with Crippen molar-refractivity contribution in [1.82, 2.24) is 5.32 Å². The first-order valence-electron chi connectivity index (χ1n) is 14.0. The average molecular weight is 498 g/mol. The number of carbonyl (C=O) groups is 1. The minimum atomic E-state index is -2.54. The SMILES string of the molecule is CCCCC/C=C\C/C=C\CCCCCCCC(=O)NCCCCCCOP(C)(=O)C(C)(C)C. The second-order valence-electron chi connectivity index (χ2n) is 10.6. The van der Waals surface area contributed by atoms with E-state index in [2.05, 4.69) is 36.5 Å². The fourth-order valence-electron chi connectivity index (χ4n) is 3.43. The van der Waals surface area contributed by atoms with Crippen molar-refractivity contribution in [2.24, 2.45) is 0 Å². The Kier molecular flexibility index (Phi) is 20.9. The first-order chi connectivity index (χ1) is 16.2. The number of carbonyl (C=O) groups excluding carboxylic acids is 1. The van der Waals surface area contributed by atoms with Gasteiger partial charge in [0, 0.05) is 24.8 Å². The molecule has 200 valence electrons. The second kappa shape index (κ2) is 21.4. The predicted molar refractivity (Wildman–Crippen MR) is 150 cm³/mol. The van der Waals surface area contributed by atoms with Gasteiger partial charge in [0.25, 0.3) is 0 Å². The fourth-order valence-corrected chi connectivity index (χ4v) is 4.29. The Balaban J connectivity index is 3.41. The molecular weight excluding hydrogens is 441 g/mol. The van der Waals surface area contributed by atoms with E-state index in [1.165, 1.54) is 51.4 Å². The van der Waals surface area contributed by atoms with Crippen molar-refractivity contribution in [3.63, 3.8) is 0 Å². The number of hydrogen-bond donors (Lipinski definition) is 1. The number of unbranched alkanes of at least 4 members (excludes halogenated alkanes) is 11. The second-order valence-corrected chi connectivity index (χ2v) is 13.9. The van der Waals surface area contributed by atoms with Gasteiger partial charge in [-0.05, 0) is 51.4 Å². The van der Waals surface area contributed by atoms with Crippen molar-refractivity contribution in [1.29, 1.82) is 0 Å². The standard InChI is InChI=1S/C29H56NO3P/c1-6-7-8-9-10-11-12-13-14-15-16-17-18-19-22-25-28(31)30-26-23-20-21-24-27-33-34(5,32)29(2,3)4/h10-11,13-14H,6-9,12,15-27H2,1-5H3,(H,30,31)/b11-10-,14-13-. The summed E-state index contributed by atoms with van der Waals surface area (Å²) in [7, 11) is -2.54. The Morgan fingerprint density at radius 1 is 0.794 bits per heavy atom. The molecule has 0 saturated carbocycles. The molecule has 0 heterocycles. The lowest BCUT2D eigenvalue weighted by atomic mass is 10.1. The van der Waals surface area contributed by atoms with Gasteiger partial charge >= 0.3 is 0 Å². The molecule has 0 aromatic rings. The van der Waals surface area contributed by atoms with Crippen LogP contribution >= 0.6 is 7.37 Å². The van der Waals surface area contributed by atoms with E-state index in [1.54, 1.807) is 6.66 Å². The zero-order valence-electron chi connectivity index (χ0n) is 23.2. The Morgan fingerprint density at radius 3 is 2.00 bits per heavy atom. The van der Waals surface area contributed by atoms with Crippen LogP contribution in [0.25, 0.3) is 0 Å². The van der Waals surface area contributed by atoms with Gasteiger partial charge in [0.1, 0.15) is 0 Å². The zero-order chi connectivity index (χ0) is 25.5. The van der Waals surface area contributed by atoms with Crippen molar-refractivity contribution < 1.29 is 13.9 Å². The molecule has 34 heavy (non-hydrogen) atoms. The summed E-state index contributed by atoms with van der Waals surface area (Å²) in [6.07, 6.45) is 27.1. The van der Waals surface area contributed by atoms with Crippen LogP contribution in [0.2, 0.25) is 0 Å². The topological polar surface area (TPSA) is 55.4 Å². The van der Waals surface area contributed by atoms with Crippen molar-refractivity contribution in [3.05, 3.63) is 24.3 Å². The molecule has 0 aromatic carbocycles. The molecule has 0 aliphatic rings. The van der Waals surface area contributed by atoms with E-state index in [4.69, 9.17) is 4.52 Å². The Hall–Kier alpha value is -0.860. The normalized spacial score (nSPS) is 14.1. The molecule has 0 rings (SSSR count). The highest BCUT2D eigenvalue weighted by molar-refractivity contribution is 7.59. The number of rotatable bonds is 22. The number of amides is 1. The molecule has 0 spiro atoms. The van der Waals surface area contributed by atoms with Crippen LogP contribution in [-0.4, -0.2) is 30.9 Å². The molecule has 5 heteroatoms. The molecule has 1 atom stereocenters. The van der Waals surface area contributed by atoms with Crippen LogP contribution in [0.3, 0.4) is 0 Å². The molecule has 0 radical (unpaired) electrons. The smallest absolute Gasteiger partial charge is 0.219 e. The van der Waals surface area contributed by atoms with E-state index < -0.39 is 7.37 Å². The molecule has 0 saturated heterocycles. The molecule has 0 fully saturated rings. The van der Waals surface area contributed by atoms with E-state index in [1.807, 2.05) is 20.8 Å². The average Bonchev–Trinajstić information content (AvgIpc) is 2.77. The van der Waals surface area contributed by atoms with Crippen LogP contribution in [0.5, 0.6) is 0 Å². The summed E-state index contributed by atoms with van der Waals surface area (Å²) in [5.41, 5.74) is 0. The van der Waals surface area contributed by atoms with E-state index in [0.29, 0.717) is 13.0 Å². The minimum absolute atomic E-state index is 0.186. The Morgan fingerprint density at radius 2 is 1.35 bits per heavy atom. The lowest BCUT2D eigenvalue weighted by Gasteiger charge is -2.27. The van der Waals surface area contributed by atoms with Gasteiger partial charge in [-0.1, -0.05) is 96.9 Å². The summed E-state index contributed by atoms with van der Waals surface area (Å²) in [6.45, 7) is 11.2. The quantitative estimate of drug-likeness (QED) is 0.0921. The first kappa shape index (κ1) is 33.1. The van der Waals surface area contributed by atoms with Gasteiger partial charge in [0.15, 0.2) is 0 Å². The summed E-state index contributed by atoms with van der Waals surface area (Å²) < 4.78 is 18.1. The highest BCUT2D eigenvalue weighted by Gasteiger charge is 2.32. The van der Waals surface area contributed by atoms with Crippen molar-refractivity contribution in [3.8, 4) is 0 Å². The fraction of sp³-hybridized carbons (Fsp3) is 0.828. The molecule has 0 bridgehead atoms. The summed E-state index contributed by atoms with van der Waals surface area (Å²) >= 11 is 0. The van der Waals surface area contributed by atoms with Gasteiger partial charge in [0.05, 0.1) is 6.61 Å². The summed E-state index contributed by atoms with van der Waals surface area (Å²) in [6, 6.07) is 0. The van der Waals surface area contributed by atoms with Crippen molar-refractivity contribution in [2.75, 3.05) is 19.8 Å². The van der Waals surface area contributed by atoms with Crippen LogP contribution in [0.4, 0.5) is 0 Å². The van der Waals surface area contributed by atoms with E-state index in [9.17, 15) is 9.36 Å². The molecule has 1 unspecified atom stereocenters. The molecule has 0 aromatic heterocycles. The monoisotopic (exact) mass is 497 g/mol. The third-order valence-electron chi connectivity index (χ3n) is 6.30. The minimum Gasteiger partial charge on any atom is -0.356 e. The maximum atomic E-state index is 12.4. The van der Waals surface area contributed by atoms with Gasteiger partial charge < -0.3 is 9.84 Å². The van der Waals surface area contributed by atoms with E-state index in [-0.39, 0.29) is 11.1 Å². The Bertz CT molecular complexity index is 593. The number of hydrogen-bond acceptors (Lipinski definition) is 3. The van der Waals surface area contributed by atoms with Crippen LogP contribution in [0, 0.1) is 0 Å². The van der Waals surface area contributed by atoms with Gasteiger partial charge in [-0.3, -0.25) is 9.36 Å². The zero-order valence-corrected chi connectivity index (χ0v) is 24.1. The number of allylic oxidation sites excluding steroid dienone is 4. The molecule has 0 aliphatic heterocycles. The third kappa shape index (κ3) is 20.5. The van der Waals surface area contributed by atoms with Crippen LogP contribution in [0.1, 0.15) is 130 Å². The van der Waals surface area contributed by atoms with Gasteiger partial charge in [0.2, 0.25) is 13.3 Å². The molecule has 1 amide bonds. The Labute approximate surface area is 212 Å². The van der Waals surface area contributed by atoms with Crippen molar-refractivity contribution in [2.45, 2.75) is 136 Å². The molecule has 0 aliphatic carbocycles. The van der Waals surface area contributed by atoms with Crippen molar-refractivity contribution >= 4 is 13.3 Å². The highest BCUT2D eigenvalue weighted by Crippen LogP contribution is 2.55. The van der Waals surface area contributed by atoms with Crippen LogP contribution in [0.15, 0.2) is 24.3 Å². The maximum absolute atomic E-state index is 12.4. The molecular formula is C29H56NO3P. The lowest BCUT2D eigenvalue weighted by molar-refractivity contribution is -0.121. The number of nitrogens with one attached hydrogen (secondary N) is 1. The highest BCUT2D eigenvalue weighted by atomic mass is 31.2. The van der Waals surface area contributed by atoms with E-state index in [0.717, 1.165) is 51.5 Å². The largest absolute Gasteiger partial charge is 0.356 e. The predicted octanol–water partition coefficient (Wildman–Crippen LogP) is 9.20. The summed E-state index contributed by atoms with van der Waals surface area (Å²) in [5.74, 6) is 0.186. The summed E-state index contributed by atoms with van der Waals surface area (Å²) in [5, 5.41) is 2.75. The summed E-state index contributed by atoms with van der Waals surface area (Å²) in [4.78, 5) is 11.9. The molecule has 1 N–H and O–H groups in total. The van der Waals surface area contributed by atoms with Crippen LogP contribution < -0.4 is 5.32 Å². The van der Waals surface area contributed by atoms with Gasteiger partial charge in [-0.15, -0.1) is 0 Å². The maximum Gasteiger partial charge on any atom is 0.219 e. The first-order valence-corrected chi connectivity index (χ1v) is 16.1. The molecule has 4 nitrogen and oxygen atoms in total. The van der Waals surface area contributed by atoms with Crippen LogP contribution in [-0.2, 0) is 13.9 Å². The van der Waals surface area contributed by atoms with E-state index >= 15 is 0 Å². The van der Waals surface area contributed by atoms with Gasteiger partial charge in [-0.25, -0.2) is 0 Å². The third-order valence-corrected chi connectivity index (χ3v) is 9.42. The van der Waals surface area contributed by atoms with Gasteiger partial charge in [-0.2, -0.15) is 0 Å². The lowest BCUT2D eigenvalue weighted by Crippen LogP contribution is -2.23.